The Morgan fingerprint density at radius 3 is 2.74 bits per heavy atom. The first-order valence-electron chi connectivity index (χ1n) is 8.57. The highest BCUT2D eigenvalue weighted by molar-refractivity contribution is 8.00. The highest BCUT2D eigenvalue weighted by atomic mass is 32.2. The average molecular weight is 399 g/mol. The number of rotatable bonds is 5. The lowest BCUT2D eigenvalue weighted by Crippen LogP contribution is -2.22. The first kappa shape index (κ1) is 17.9. The standard InChI is InChI=1S/C20H18N2O3S2/c1-13(27-15-7-8-17-18(11-15)25-10-9-24-17)19(23)22-20-21-16(12-26-20)14-5-3-2-4-6-14/h2-8,11-13H,9-10H2,1H3,(H,21,22,23)/t13-/m1/s1. The minimum absolute atomic E-state index is 0.0798. The number of benzene rings is 2. The van der Waals surface area contributed by atoms with Crippen LogP contribution in [0, 0.1) is 0 Å². The summed E-state index contributed by atoms with van der Waals surface area (Å²) in [5, 5.41) is 5.19. The Labute approximate surface area is 165 Å². The molecule has 0 aliphatic carbocycles. The van der Waals surface area contributed by atoms with Gasteiger partial charge in [-0.2, -0.15) is 0 Å². The summed E-state index contributed by atoms with van der Waals surface area (Å²) in [5.41, 5.74) is 1.90. The van der Waals surface area contributed by atoms with Crippen molar-refractivity contribution in [1.82, 2.24) is 4.98 Å². The molecule has 5 nitrogen and oxygen atoms in total. The van der Waals surface area contributed by atoms with E-state index in [0.717, 1.165) is 27.7 Å². The number of hydrogen-bond acceptors (Lipinski definition) is 6. The third-order valence-corrected chi connectivity index (χ3v) is 5.85. The third kappa shape index (κ3) is 4.26. The molecule has 4 rings (SSSR count). The molecule has 1 aliphatic rings. The van der Waals surface area contributed by atoms with Gasteiger partial charge in [-0.25, -0.2) is 4.98 Å². The van der Waals surface area contributed by atoms with Crippen molar-refractivity contribution in [3.05, 3.63) is 53.9 Å². The van der Waals surface area contributed by atoms with Crippen LogP contribution in [0.3, 0.4) is 0 Å². The Balaban J connectivity index is 1.39. The van der Waals surface area contributed by atoms with E-state index >= 15 is 0 Å². The summed E-state index contributed by atoms with van der Waals surface area (Å²) in [5.74, 6) is 1.40. The number of carbonyl (C=O) groups excluding carboxylic acids is 1. The van der Waals surface area contributed by atoms with Gasteiger partial charge in [0.1, 0.15) is 13.2 Å². The number of amides is 1. The number of anilines is 1. The molecule has 0 bridgehead atoms. The van der Waals surface area contributed by atoms with Crippen LogP contribution in [-0.4, -0.2) is 29.4 Å². The molecule has 0 radical (unpaired) electrons. The van der Waals surface area contributed by atoms with Crippen LogP contribution < -0.4 is 14.8 Å². The second-order valence-electron chi connectivity index (χ2n) is 5.96. The summed E-state index contributed by atoms with van der Waals surface area (Å²) >= 11 is 2.90. The number of carbonyl (C=O) groups is 1. The molecule has 1 amide bonds. The second-order valence-corrected chi connectivity index (χ2v) is 8.23. The average Bonchev–Trinajstić information content (AvgIpc) is 3.17. The maximum Gasteiger partial charge on any atom is 0.239 e. The molecule has 0 unspecified atom stereocenters. The van der Waals surface area contributed by atoms with Gasteiger partial charge in [0.25, 0.3) is 0 Å². The van der Waals surface area contributed by atoms with Gasteiger partial charge in [-0.15, -0.1) is 23.1 Å². The van der Waals surface area contributed by atoms with E-state index in [9.17, 15) is 4.79 Å². The summed E-state index contributed by atoms with van der Waals surface area (Å²) in [6.45, 7) is 2.99. The van der Waals surface area contributed by atoms with Crippen LogP contribution in [-0.2, 0) is 4.79 Å². The van der Waals surface area contributed by atoms with E-state index in [0.29, 0.717) is 18.3 Å². The fourth-order valence-corrected chi connectivity index (χ4v) is 4.25. The van der Waals surface area contributed by atoms with Gasteiger partial charge in [-0.05, 0) is 25.1 Å². The topological polar surface area (TPSA) is 60.5 Å². The Morgan fingerprint density at radius 2 is 1.93 bits per heavy atom. The zero-order valence-electron chi connectivity index (χ0n) is 14.7. The molecule has 0 spiro atoms. The lowest BCUT2D eigenvalue weighted by molar-refractivity contribution is -0.115. The van der Waals surface area contributed by atoms with Crippen LogP contribution in [0.4, 0.5) is 5.13 Å². The fourth-order valence-electron chi connectivity index (χ4n) is 2.63. The van der Waals surface area contributed by atoms with Gasteiger partial charge in [-0.1, -0.05) is 30.3 Å². The number of ether oxygens (including phenoxy) is 2. The van der Waals surface area contributed by atoms with E-state index in [1.807, 2.05) is 60.8 Å². The number of aromatic nitrogens is 1. The molecule has 1 aromatic heterocycles. The number of nitrogens with one attached hydrogen (secondary N) is 1. The van der Waals surface area contributed by atoms with Crippen LogP contribution in [0.1, 0.15) is 6.92 Å². The maximum atomic E-state index is 12.5. The van der Waals surface area contributed by atoms with Gasteiger partial charge in [-0.3, -0.25) is 4.79 Å². The van der Waals surface area contributed by atoms with Crippen molar-refractivity contribution in [2.75, 3.05) is 18.5 Å². The van der Waals surface area contributed by atoms with Gasteiger partial charge < -0.3 is 14.8 Å². The predicted molar refractivity (Wildman–Crippen MR) is 109 cm³/mol. The Morgan fingerprint density at radius 1 is 1.15 bits per heavy atom. The molecule has 3 aromatic rings. The zero-order chi connectivity index (χ0) is 18.6. The van der Waals surface area contributed by atoms with Gasteiger partial charge in [0.15, 0.2) is 16.6 Å². The van der Waals surface area contributed by atoms with Crippen molar-refractivity contribution in [1.29, 1.82) is 0 Å². The van der Waals surface area contributed by atoms with E-state index in [4.69, 9.17) is 9.47 Å². The molecule has 138 valence electrons. The first-order chi connectivity index (χ1) is 13.2. The van der Waals surface area contributed by atoms with Crippen molar-refractivity contribution in [3.63, 3.8) is 0 Å². The van der Waals surface area contributed by atoms with Crippen molar-refractivity contribution in [3.8, 4) is 22.8 Å². The van der Waals surface area contributed by atoms with Gasteiger partial charge in [0, 0.05) is 15.8 Å². The van der Waals surface area contributed by atoms with E-state index in [1.54, 1.807) is 0 Å². The normalized spacial score (nSPS) is 13.8. The summed E-state index contributed by atoms with van der Waals surface area (Å²) in [6.07, 6.45) is 0. The van der Waals surface area contributed by atoms with Crippen molar-refractivity contribution < 1.29 is 14.3 Å². The van der Waals surface area contributed by atoms with Crippen LogP contribution in [0.15, 0.2) is 58.8 Å². The molecule has 1 atom stereocenters. The minimum Gasteiger partial charge on any atom is -0.486 e. The Kier molecular flexibility index (Phi) is 5.31. The van der Waals surface area contributed by atoms with Gasteiger partial charge >= 0.3 is 0 Å². The van der Waals surface area contributed by atoms with Crippen LogP contribution in [0.2, 0.25) is 0 Å². The number of nitrogens with zero attached hydrogens (tertiary/aromatic N) is 1. The monoisotopic (exact) mass is 398 g/mol. The number of fused-ring (bicyclic) bond motifs is 1. The molecule has 0 fully saturated rings. The Hall–Kier alpha value is -2.51. The summed E-state index contributed by atoms with van der Waals surface area (Å²) < 4.78 is 11.1. The van der Waals surface area contributed by atoms with Gasteiger partial charge in [0.2, 0.25) is 5.91 Å². The van der Waals surface area contributed by atoms with Gasteiger partial charge in [0.05, 0.1) is 10.9 Å². The lowest BCUT2D eigenvalue weighted by atomic mass is 10.2. The summed E-state index contributed by atoms with van der Waals surface area (Å²) in [7, 11) is 0. The second kappa shape index (κ2) is 8.02. The predicted octanol–water partition coefficient (Wildman–Crippen LogP) is 4.70. The molecule has 2 heterocycles. The fraction of sp³-hybridized carbons (Fsp3) is 0.200. The molecule has 0 saturated heterocycles. The molecular formula is C20H18N2O3S2. The van der Waals surface area contributed by atoms with Crippen LogP contribution >= 0.6 is 23.1 Å². The quantitative estimate of drug-likeness (QED) is 0.631. The van der Waals surface area contributed by atoms with Crippen LogP contribution in [0.5, 0.6) is 11.5 Å². The van der Waals surface area contributed by atoms with Crippen molar-refractivity contribution in [2.45, 2.75) is 17.1 Å². The molecule has 1 aliphatic heterocycles. The number of hydrogen-bond donors (Lipinski definition) is 1. The van der Waals surface area contributed by atoms with E-state index < -0.39 is 0 Å². The van der Waals surface area contributed by atoms with Crippen molar-refractivity contribution in [2.24, 2.45) is 0 Å². The maximum absolute atomic E-state index is 12.5. The molecule has 1 N–H and O–H groups in total. The Bertz CT molecular complexity index is 943. The highest BCUT2D eigenvalue weighted by Crippen LogP contribution is 2.35. The molecule has 0 saturated carbocycles. The molecule has 27 heavy (non-hydrogen) atoms. The molecule has 2 aromatic carbocycles. The lowest BCUT2D eigenvalue weighted by Gasteiger charge is -2.19. The SMILES string of the molecule is C[C@@H](Sc1ccc2c(c1)OCCO2)C(=O)Nc1nc(-c2ccccc2)cs1. The first-order valence-corrected chi connectivity index (χ1v) is 10.3. The number of thiazole rings is 1. The van der Waals surface area contributed by atoms with E-state index in [2.05, 4.69) is 10.3 Å². The summed E-state index contributed by atoms with van der Waals surface area (Å²) in [6, 6.07) is 15.7. The smallest absolute Gasteiger partial charge is 0.239 e. The molecule has 7 heteroatoms. The minimum atomic E-state index is -0.267. The van der Waals surface area contributed by atoms with E-state index in [-0.39, 0.29) is 11.2 Å². The highest BCUT2D eigenvalue weighted by Gasteiger charge is 2.18. The van der Waals surface area contributed by atoms with Crippen molar-refractivity contribution >= 4 is 34.1 Å². The van der Waals surface area contributed by atoms with E-state index in [1.165, 1.54) is 23.1 Å². The third-order valence-electron chi connectivity index (χ3n) is 4.00. The largest absolute Gasteiger partial charge is 0.486 e. The van der Waals surface area contributed by atoms with Crippen LogP contribution in [0.25, 0.3) is 11.3 Å². The number of thioether (sulfide) groups is 1. The molecular weight excluding hydrogens is 380 g/mol. The summed E-state index contributed by atoms with van der Waals surface area (Å²) in [4.78, 5) is 18.0. The zero-order valence-corrected chi connectivity index (χ0v) is 16.3.